The number of anilines is 1. The summed E-state index contributed by atoms with van der Waals surface area (Å²) in [6.45, 7) is 9.58. The molecular weight excluding hydrogens is 989 g/mol. The van der Waals surface area contributed by atoms with Crippen LogP contribution in [0.2, 0.25) is 0 Å². The second-order valence-electron chi connectivity index (χ2n) is 19.2. The van der Waals surface area contributed by atoms with Crippen LogP contribution in [-0.2, 0) is 34.6 Å². The lowest BCUT2D eigenvalue weighted by Gasteiger charge is -2.36. The van der Waals surface area contributed by atoms with Gasteiger partial charge in [0.2, 0.25) is 0 Å². The van der Waals surface area contributed by atoms with E-state index < -0.39 is 28.1 Å². The summed E-state index contributed by atoms with van der Waals surface area (Å²) in [6, 6.07) is 59.3. The fourth-order valence-corrected chi connectivity index (χ4v) is 10.2. The number of benzene rings is 7. The molecule has 0 radical (unpaired) electrons. The Morgan fingerprint density at radius 1 is 0.727 bits per heavy atom. The van der Waals surface area contributed by atoms with Crippen molar-refractivity contribution in [2.45, 2.75) is 81.5 Å². The Kier molecular flexibility index (Phi) is 16.0. The number of esters is 1. The van der Waals surface area contributed by atoms with Crippen molar-refractivity contribution in [3.63, 3.8) is 0 Å². The van der Waals surface area contributed by atoms with Gasteiger partial charge in [-0.1, -0.05) is 158 Å². The van der Waals surface area contributed by atoms with Gasteiger partial charge in [0.25, 0.3) is 5.69 Å². The van der Waals surface area contributed by atoms with Crippen LogP contribution in [0.25, 0.3) is 22.5 Å². The standard InChI is InChI=1S/C61H58N8O7S/c1-7-20-55-62-52(41-75-47-33-35-48(36-34-47)77-49-37-38-53(69(72)73)54(39-49)66(6)59(71)76-60(3,4)5)56(58(70)74-8-2)67(55)40-42-29-31-43(32-30-42)50-27-18-19-28-51(50)57-63-64-65-68(57)61(44-21-12-9-13-22-44,45-23-14-10-15-24-45)46-25-16-11-17-26-46/h9-19,21-39H,7-8,20,40-41H2,1-6H3. The summed E-state index contributed by atoms with van der Waals surface area (Å²) in [6.07, 6.45) is 0.704. The fraction of sp³-hybridized carbons (Fsp3) is 0.213. The van der Waals surface area contributed by atoms with Gasteiger partial charge in [-0.25, -0.2) is 19.3 Å². The highest BCUT2D eigenvalue weighted by molar-refractivity contribution is 7.99. The van der Waals surface area contributed by atoms with Crippen LogP contribution in [-0.4, -0.2) is 66.0 Å². The van der Waals surface area contributed by atoms with Gasteiger partial charge in [0.1, 0.15) is 40.7 Å². The molecular formula is C61H58N8O7S. The SMILES string of the molecule is CCCc1nc(COc2ccc(Sc3ccc([N+](=O)[O-])c(N(C)C(=O)OC(C)(C)C)c3)cc2)c(C(=O)OCC)n1Cc1ccc(-c2ccccc2-c2nnnn2C(c2ccccc2)(c2ccccc2)c2ccccc2)cc1. The number of carbonyl (C=O) groups excluding carboxylic acids is 2. The minimum absolute atomic E-state index is 0.00235. The van der Waals surface area contributed by atoms with Gasteiger partial charge in [0.05, 0.1) is 11.5 Å². The molecule has 0 aliphatic heterocycles. The molecule has 1 amide bonds. The van der Waals surface area contributed by atoms with Crippen molar-refractivity contribution in [3.05, 3.63) is 232 Å². The second kappa shape index (κ2) is 23.3. The number of nitrogens with zero attached hydrogens (tertiary/aromatic N) is 8. The number of aryl methyl sites for hydroxylation is 1. The molecule has 0 fully saturated rings. The lowest BCUT2D eigenvalue weighted by atomic mass is 9.77. The molecule has 0 saturated carbocycles. The number of carbonyl (C=O) groups is 2. The molecule has 0 aliphatic carbocycles. The van der Waals surface area contributed by atoms with E-state index in [1.807, 2.05) is 100 Å². The molecule has 7 aromatic carbocycles. The van der Waals surface area contributed by atoms with E-state index in [2.05, 4.69) is 84.9 Å². The highest BCUT2D eigenvalue weighted by atomic mass is 32.2. The van der Waals surface area contributed by atoms with E-state index in [0.29, 0.717) is 40.8 Å². The third-order valence-corrected chi connectivity index (χ3v) is 13.8. The number of imidazole rings is 1. The van der Waals surface area contributed by atoms with Crippen molar-refractivity contribution in [1.82, 2.24) is 29.8 Å². The van der Waals surface area contributed by atoms with E-state index in [4.69, 9.17) is 29.5 Å². The molecule has 2 heterocycles. The van der Waals surface area contributed by atoms with Crippen LogP contribution in [0, 0.1) is 10.1 Å². The number of nitro benzene ring substituents is 1. The van der Waals surface area contributed by atoms with Crippen LogP contribution < -0.4 is 9.64 Å². The molecule has 0 atom stereocenters. The Balaban J connectivity index is 0.975. The van der Waals surface area contributed by atoms with Gasteiger partial charge >= 0.3 is 12.1 Å². The zero-order chi connectivity index (χ0) is 54.1. The zero-order valence-electron chi connectivity index (χ0n) is 43.7. The number of aromatic nitrogens is 6. The number of nitro groups is 1. The molecule has 0 unspecified atom stereocenters. The number of hydrogen-bond acceptors (Lipinski definition) is 12. The van der Waals surface area contributed by atoms with Crippen LogP contribution in [0.3, 0.4) is 0 Å². The fourth-order valence-electron chi connectivity index (χ4n) is 9.37. The molecule has 0 saturated heterocycles. The second-order valence-corrected chi connectivity index (χ2v) is 20.3. The topological polar surface area (TPSA) is 170 Å². The summed E-state index contributed by atoms with van der Waals surface area (Å²) >= 11 is 1.37. The summed E-state index contributed by atoms with van der Waals surface area (Å²) in [4.78, 5) is 45.8. The molecule has 0 spiro atoms. The van der Waals surface area contributed by atoms with Crippen molar-refractivity contribution in [1.29, 1.82) is 0 Å². The molecule has 0 N–H and O–H groups in total. The number of hydrogen-bond donors (Lipinski definition) is 0. The first kappa shape index (κ1) is 53.0. The average molecular weight is 1050 g/mol. The van der Waals surface area contributed by atoms with Crippen molar-refractivity contribution < 1.29 is 28.7 Å². The van der Waals surface area contributed by atoms with Gasteiger partial charge in [0.15, 0.2) is 11.5 Å². The van der Waals surface area contributed by atoms with Gasteiger partial charge in [-0.05, 0) is 114 Å². The van der Waals surface area contributed by atoms with Crippen LogP contribution in [0.15, 0.2) is 192 Å². The Bertz CT molecular complexity index is 3390. The van der Waals surface area contributed by atoms with Gasteiger partial charge < -0.3 is 18.8 Å². The first-order valence-corrected chi connectivity index (χ1v) is 26.2. The quantitative estimate of drug-likeness (QED) is 0.0325. The van der Waals surface area contributed by atoms with Crippen LogP contribution in [0.5, 0.6) is 5.75 Å². The predicted molar refractivity (Wildman–Crippen MR) is 297 cm³/mol. The summed E-state index contributed by atoms with van der Waals surface area (Å²) in [7, 11) is 1.45. The Hall–Kier alpha value is -8.89. The third-order valence-electron chi connectivity index (χ3n) is 12.8. The summed E-state index contributed by atoms with van der Waals surface area (Å²) in [5.74, 6) is 1.38. The highest BCUT2D eigenvalue weighted by Crippen LogP contribution is 2.44. The maximum atomic E-state index is 13.9. The van der Waals surface area contributed by atoms with Gasteiger partial charge in [-0.2, -0.15) is 0 Å². The molecule has 9 rings (SSSR count). The molecule has 16 heteroatoms. The van der Waals surface area contributed by atoms with Crippen molar-refractivity contribution >= 4 is 35.2 Å². The van der Waals surface area contributed by atoms with Crippen LogP contribution >= 0.6 is 11.8 Å². The normalized spacial score (nSPS) is 11.5. The largest absolute Gasteiger partial charge is 0.487 e. The lowest BCUT2D eigenvalue weighted by Crippen LogP contribution is -2.39. The van der Waals surface area contributed by atoms with E-state index in [1.165, 1.54) is 24.9 Å². The van der Waals surface area contributed by atoms with E-state index in [1.54, 1.807) is 39.8 Å². The molecule has 2 aromatic heterocycles. The summed E-state index contributed by atoms with van der Waals surface area (Å²) in [5.41, 5.74) is 5.65. The first-order chi connectivity index (χ1) is 37.3. The number of tetrazole rings is 1. The van der Waals surface area contributed by atoms with Crippen molar-refractivity contribution in [2.75, 3.05) is 18.6 Å². The smallest absolute Gasteiger partial charge is 0.414 e. The highest BCUT2D eigenvalue weighted by Gasteiger charge is 2.42. The van der Waals surface area contributed by atoms with Crippen LogP contribution in [0.4, 0.5) is 16.2 Å². The predicted octanol–water partition coefficient (Wildman–Crippen LogP) is 13.2. The third kappa shape index (κ3) is 11.5. The van der Waals surface area contributed by atoms with E-state index in [9.17, 15) is 19.7 Å². The van der Waals surface area contributed by atoms with E-state index in [-0.39, 0.29) is 24.6 Å². The molecule has 9 aromatic rings. The van der Waals surface area contributed by atoms with Crippen LogP contribution in [0.1, 0.15) is 85.3 Å². The van der Waals surface area contributed by atoms with Gasteiger partial charge in [0, 0.05) is 41.4 Å². The first-order valence-electron chi connectivity index (χ1n) is 25.3. The van der Waals surface area contributed by atoms with E-state index >= 15 is 0 Å². The van der Waals surface area contributed by atoms with E-state index in [0.717, 1.165) is 61.0 Å². The maximum absolute atomic E-state index is 13.9. The summed E-state index contributed by atoms with van der Waals surface area (Å²) < 4.78 is 21.3. The summed E-state index contributed by atoms with van der Waals surface area (Å²) in [5, 5.41) is 25.8. The lowest BCUT2D eigenvalue weighted by molar-refractivity contribution is -0.384. The maximum Gasteiger partial charge on any atom is 0.414 e. The Labute approximate surface area is 451 Å². The molecule has 15 nitrogen and oxygen atoms in total. The number of ether oxygens (including phenoxy) is 3. The molecule has 0 bridgehead atoms. The minimum atomic E-state index is -0.930. The number of rotatable bonds is 19. The number of amides is 1. The van der Waals surface area contributed by atoms with Crippen molar-refractivity contribution in [3.8, 4) is 28.3 Å². The molecule has 390 valence electrons. The minimum Gasteiger partial charge on any atom is -0.487 e. The van der Waals surface area contributed by atoms with Crippen molar-refractivity contribution in [2.24, 2.45) is 0 Å². The van der Waals surface area contributed by atoms with Gasteiger partial charge in [-0.3, -0.25) is 15.0 Å². The Morgan fingerprint density at radius 2 is 1.31 bits per heavy atom. The molecule has 0 aliphatic rings. The molecule has 77 heavy (non-hydrogen) atoms. The zero-order valence-corrected chi connectivity index (χ0v) is 44.5. The monoisotopic (exact) mass is 1050 g/mol. The van der Waals surface area contributed by atoms with Gasteiger partial charge in [-0.15, -0.1) is 5.10 Å². The Morgan fingerprint density at radius 3 is 1.88 bits per heavy atom. The average Bonchev–Trinajstić information content (AvgIpc) is 4.12.